The Balaban J connectivity index is 1.56. The highest BCUT2D eigenvalue weighted by molar-refractivity contribution is 6.00. The number of phenols is 1. The third-order valence-electron chi connectivity index (χ3n) is 5.92. The van der Waals surface area contributed by atoms with Crippen LogP contribution in [0.5, 0.6) is 11.5 Å². The van der Waals surface area contributed by atoms with E-state index in [-0.39, 0.29) is 17.7 Å². The second kappa shape index (κ2) is 8.23. The second-order valence-corrected chi connectivity index (χ2v) is 7.82. The number of rotatable bonds is 6. The maximum absolute atomic E-state index is 13.4. The number of methoxy groups -OCH3 is 1. The van der Waals surface area contributed by atoms with Crippen LogP contribution in [0.15, 0.2) is 78.9 Å². The summed E-state index contributed by atoms with van der Waals surface area (Å²) in [4.78, 5) is 15.3. The minimum absolute atomic E-state index is 0.0683. The molecule has 0 fully saturated rings. The van der Waals surface area contributed by atoms with Crippen LogP contribution in [0, 0.1) is 0 Å². The number of benzene rings is 3. The van der Waals surface area contributed by atoms with Crippen LogP contribution in [0.25, 0.3) is 11.3 Å². The number of amides is 1. The fourth-order valence-electron chi connectivity index (χ4n) is 4.29. The van der Waals surface area contributed by atoms with Crippen molar-refractivity contribution in [3.63, 3.8) is 0 Å². The smallest absolute Gasteiger partial charge is 0.273 e. The number of phenolic OH excluding ortho intramolecular Hbond substituents is 1. The van der Waals surface area contributed by atoms with E-state index in [2.05, 4.69) is 22.3 Å². The Morgan fingerprint density at radius 2 is 1.72 bits per heavy atom. The molecule has 1 amide bonds. The summed E-state index contributed by atoms with van der Waals surface area (Å²) >= 11 is 0. The monoisotopic (exact) mass is 425 g/mol. The lowest BCUT2D eigenvalue weighted by atomic mass is 9.96. The Bertz CT molecular complexity index is 1230. The van der Waals surface area contributed by atoms with Gasteiger partial charge in [0.05, 0.1) is 18.8 Å². The average molecular weight is 425 g/mol. The summed E-state index contributed by atoms with van der Waals surface area (Å²) in [6, 6.07) is 24.5. The van der Waals surface area contributed by atoms with Crippen molar-refractivity contribution in [3.8, 4) is 22.8 Å². The highest BCUT2D eigenvalue weighted by Gasteiger charge is 2.41. The number of fused-ring (bicyclic) bond motifs is 1. The molecule has 32 heavy (non-hydrogen) atoms. The summed E-state index contributed by atoms with van der Waals surface area (Å²) in [7, 11) is 1.63. The number of H-pyrrole nitrogens is 1. The average Bonchev–Trinajstić information content (AvgIpc) is 3.38. The van der Waals surface area contributed by atoms with E-state index < -0.39 is 0 Å². The quantitative estimate of drug-likeness (QED) is 0.474. The first kappa shape index (κ1) is 19.9. The largest absolute Gasteiger partial charge is 0.508 e. The first-order valence-electron chi connectivity index (χ1n) is 10.5. The Kier molecular flexibility index (Phi) is 5.11. The van der Waals surface area contributed by atoms with Crippen LogP contribution in [0.2, 0.25) is 0 Å². The molecular weight excluding hydrogens is 402 g/mol. The molecule has 0 saturated heterocycles. The van der Waals surface area contributed by atoms with Crippen LogP contribution < -0.4 is 4.74 Å². The number of carbonyl (C=O) groups is 1. The number of aromatic nitrogens is 2. The third-order valence-corrected chi connectivity index (χ3v) is 5.92. The number of nitrogens with one attached hydrogen (secondary N) is 1. The van der Waals surface area contributed by atoms with Crippen molar-refractivity contribution in [1.29, 1.82) is 0 Å². The highest BCUT2D eigenvalue weighted by atomic mass is 16.5. The second-order valence-electron chi connectivity index (χ2n) is 7.82. The van der Waals surface area contributed by atoms with Crippen LogP contribution in [-0.4, -0.2) is 39.8 Å². The zero-order chi connectivity index (χ0) is 22.1. The lowest BCUT2D eigenvalue weighted by Gasteiger charge is -2.26. The van der Waals surface area contributed by atoms with Gasteiger partial charge in [-0.15, -0.1) is 0 Å². The van der Waals surface area contributed by atoms with Gasteiger partial charge in [-0.1, -0.05) is 42.5 Å². The van der Waals surface area contributed by atoms with Crippen molar-refractivity contribution < 1.29 is 14.6 Å². The molecule has 4 aromatic rings. The summed E-state index contributed by atoms with van der Waals surface area (Å²) < 4.78 is 5.27. The minimum Gasteiger partial charge on any atom is -0.508 e. The Hall–Kier alpha value is -4.06. The van der Waals surface area contributed by atoms with Crippen molar-refractivity contribution >= 4 is 5.91 Å². The van der Waals surface area contributed by atoms with Crippen molar-refractivity contribution in [2.75, 3.05) is 13.7 Å². The van der Waals surface area contributed by atoms with Crippen LogP contribution in [-0.2, 0) is 6.42 Å². The molecule has 3 aromatic carbocycles. The molecule has 1 aromatic heterocycles. The number of ether oxygens (including phenoxy) is 1. The maximum Gasteiger partial charge on any atom is 0.273 e. The summed E-state index contributed by atoms with van der Waals surface area (Å²) in [5.41, 5.74) is 5.13. The molecule has 0 radical (unpaired) electrons. The molecule has 5 rings (SSSR count). The number of aromatic amines is 1. The molecule has 1 atom stereocenters. The fraction of sp³-hybridized carbons (Fsp3) is 0.154. The standard InChI is InChI=1S/C26H23N3O3/c1-32-21-13-9-18(10-14-21)23-22-24(28-27-23)26(31)29(16-15-17-5-3-2-4-6-17)25(22)19-7-11-20(30)12-8-19/h2-14,25,30H,15-16H2,1H3,(H,27,28). The van der Waals surface area contributed by atoms with Crippen LogP contribution >= 0.6 is 0 Å². The Labute approximate surface area is 186 Å². The molecular formula is C26H23N3O3. The third kappa shape index (κ3) is 3.50. The first-order chi connectivity index (χ1) is 15.7. The molecule has 0 spiro atoms. The van der Waals surface area contributed by atoms with Crippen molar-refractivity contribution in [1.82, 2.24) is 15.1 Å². The highest BCUT2D eigenvalue weighted by Crippen LogP contribution is 2.43. The molecule has 1 unspecified atom stereocenters. The van der Waals surface area contributed by atoms with Gasteiger partial charge in [0.2, 0.25) is 0 Å². The van der Waals surface area contributed by atoms with Crippen molar-refractivity contribution in [3.05, 3.63) is 101 Å². The van der Waals surface area contributed by atoms with Gasteiger partial charge in [0.25, 0.3) is 5.91 Å². The topological polar surface area (TPSA) is 78.5 Å². The maximum atomic E-state index is 13.4. The van der Waals surface area contributed by atoms with Crippen LogP contribution in [0.3, 0.4) is 0 Å². The van der Waals surface area contributed by atoms with Gasteiger partial charge in [-0.25, -0.2) is 0 Å². The van der Waals surface area contributed by atoms with Crippen LogP contribution in [0.1, 0.15) is 33.2 Å². The van der Waals surface area contributed by atoms with E-state index in [4.69, 9.17) is 4.74 Å². The van der Waals surface area contributed by atoms with Gasteiger partial charge < -0.3 is 14.7 Å². The SMILES string of the molecule is COc1ccc(-c2n[nH]c3c2C(c2ccc(O)cc2)N(CCc2ccccc2)C3=O)cc1. The number of aromatic hydroxyl groups is 1. The number of carbonyl (C=O) groups excluding carboxylic acids is 1. The summed E-state index contributed by atoms with van der Waals surface area (Å²) in [5.74, 6) is 0.884. The molecule has 0 saturated carbocycles. The summed E-state index contributed by atoms with van der Waals surface area (Å²) in [6.07, 6.45) is 0.747. The van der Waals surface area contributed by atoms with Crippen LogP contribution in [0.4, 0.5) is 0 Å². The van der Waals surface area contributed by atoms with Gasteiger partial charge in [-0.05, 0) is 53.9 Å². The lowest BCUT2D eigenvalue weighted by molar-refractivity contribution is 0.0746. The summed E-state index contributed by atoms with van der Waals surface area (Å²) in [6.45, 7) is 0.568. The predicted molar refractivity (Wildman–Crippen MR) is 122 cm³/mol. The molecule has 2 N–H and O–H groups in total. The molecule has 1 aliphatic rings. The van der Waals surface area contributed by atoms with Gasteiger partial charge in [0, 0.05) is 17.7 Å². The molecule has 6 heteroatoms. The number of nitrogens with zero attached hydrogens (tertiary/aromatic N) is 2. The molecule has 0 bridgehead atoms. The van der Waals surface area contributed by atoms with Gasteiger partial charge in [-0.3, -0.25) is 9.89 Å². The zero-order valence-electron chi connectivity index (χ0n) is 17.7. The van der Waals surface area contributed by atoms with E-state index in [0.717, 1.165) is 34.6 Å². The van der Waals surface area contributed by atoms with Gasteiger partial charge >= 0.3 is 0 Å². The molecule has 1 aliphatic heterocycles. The van der Waals surface area contributed by atoms with Gasteiger partial charge in [-0.2, -0.15) is 5.10 Å². The number of hydrogen-bond acceptors (Lipinski definition) is 4. The predicted octanol–water partition coefficient (Wildman–Crippen LogP) is 4.58. The van der Waals surface area contributed by atoms with Gasteiger partial charge in [0.15, 0.2) is 0 Å². The fourth-order valence-corrected chi connectivity index (χ4v) is 4.29. The Morgan fingerprint density at radius 3 is 2.41 bits per heavy atom. The van der Waals surface area contributed by atoms with E-state index in [1.165, 1.54) is 5.56 Å². The van der Waals surface area contributed by atoms with E-state index in [1.54, 1.807) is 19.2 Å². The normalized spacial score (nSPS) is 15.1. The summed E-state index contributed by atoms with van der Waals surface area (Å²) in [5, 5.41) is 17.3. The lowest BCUT2D eigenvalue weighted by Crippen LogP contribution is -2.31. The molecule has 2 heterocycles. The molecule has 0 aliphatic carbocycles. The number of hydrogen-bond donors (Lipinski definition) is 2. The van der Waals surface area contributed by atoms with E-state index in [0.29, 0.717) is 12.2 Å². The molecule has 160 valence electrons. The minimum atomic E-state index is -0.294. The zero-order valence-corrected chi connectivity index (χ0v) is 17.7. The van der Waals surface area contributed by atoms with E-state index in [9.17, 15) is 9.90 Å². The van der Waals surface area contributed by atoms with Gasteiger partial charge in [0.1, 0.15) is 17.2 Å². The van der Waals surface area contributed by atoms with E-state index in [1.807, 2.05) is 59.5 Å². The Morgan fingerprint density at radius 1 is 1.00 bits per heavy atom. The first-order valence-corrected chi connectivity index (χ1v) is 10.5. The van der Waals surface area contributed by atoms with Crippen molar-refractivity contribution in [2.24, 2.45) is 0 Å². The molecule has 6 nitrogen and oxygen atoms in total. The van der Waals surface area contributed by atoms with Crippen molar-refractivity contribution in [2.45, 2.75) is 12.5 Å². The van der Waals surface area contributed by atoms with E-state index >= 15 is 0 Å².